The Hall–Kier alpha value is -1.71. The van der Waals surface area contributed by atoms with Crippen molar-refractivity contribution >= 4 is 11.8 Å². The lowest BCUT2D eigenvalue weighted by Gasteiger charge is -2.28. The largest absolute Gasteiger partial charge is 0.497 e. The minimum atomic E-state index is -0.391. The number of hydrogen-bond donors (Lipinski definition) is 0. The van der Waals surface area contributed by atoms with Gasteiger partial charge >= 0.3 is 6.08 Å². The van der Waals surface area contributed by atoms with Gasteiger partial charge in [-0.1, -0.05) is 0 Å². The second-order valence-electron chi connectivity index (χ2n) is 5.30. The molecular weight excluding hydrogens is 230 g/mol. The maximum atomic E-state index is 5.72. The van der Waals surface area contributed by atoms with Crippen LogP contribution in [0, 0.1) is 0 Å². The van der Waals surface area contributed by atoms with Crippen molar-refractivity contribution in [2.75, 3.05) is 7.11 Å². The fourth-order valence-corrected chi connectivity index (χ4v) is 1.51. The average Bonchev–Trinajstić information content (AvgIpc) is 2.48. The molecule has 0 radical (unpaired) electrons. The molecule has 0 aromatic heterocycles. The van der Waals surface area contributed by atoms with E-state index in [4.69, 9.17) is 14.2 Å². The Kier molecular flexibility index (Phi) is 2.97. The first-order valence-electron chi connectivity index (χ1n) is 5.95. The number of aliphatic imine (C=N–C) groups is 1. The van der Waals surface area contributed by atoms with Crippen molar-refractivity contribution in [2.24, 2.45) is 4.99 Å². The summed E-state index contributed by atoms with van der Waals surface area (Å²) < 4.78 is 16.5. The van der Waals surface area contributed by atoms with Gasteiger partial charge in [-0.15, -0.1) is 0 Å². The summed E-state index contributed by atoms with van der Waals surface area (Å²) in [6.45, 7) is 7.96. The van der Waals surface area contributed by atoms with E-state index in [0.29, 0.717) is 6.08 Å². The van der Waals surface area contributed by atoms with Crippen molar-refractivity contribution < 1.29 is 14.2 Å². The van der Waals surface area contributed by atoms with E-state index in [1.165, 1.54) is 0 Å². The standard InChI is InChI=1S/C14H19NO3/c1-13(2)14(3,4)18-12(17-13)15-10-6-8-11(16-5)9-7-10/h6-9H,1-5H3. The maximum Gasteiger partial charge on any atom is 0.390 e. The van der Waals surface area contributed by atoms with Gasteiger partial charge in [-0.25, -0.2) is 0 Å². The first-order valence-corrected chi connectivity index (χ1v) is 5.95. The van der Waals surface area contributed by atoms with Crippen LogP contribution in [0.3, 0.4) is 0 Å². The van der Waals surface area contributed by atoms with E-state index < -0.39 is 11.2 Å². The lowest BCUT2D eigenvalue weighted by Crippen LogP contribution is -2.41. The minimum absolute atomic E-state index is 0.315. The van der Waals surface area contributed by atoms with Crippen LogP contribution in [0.5, 0.6) is 5.75 Å². The monoisotopic (exact) mass is 249 g/mol. The Morgan fingerprint density at radius 1 is 0.944 bits per heavy atom. The van der Waals surface area contributed by atoms with Crippen LogP contribution in [0.15, 0.2) is 29.3 Å². The predicted octanol–water partition coefficient (Wildman–Crippen LogP) is 3.29. The Labute approximate surface area is 108 Å². The summed E-state index contributed by atoms with van der Waals surface area (Å²) in [6.07, 6.45) is 0.315. The number of ether oxygens (including phenoxy) is 3. The molecule has 0 atom stereocenters. The highest BCUT2D eigenvalue weighted by molar-refractivity contribution is 5.74. The minimum Gasteiger partial charge on any atom is -0.497 e. The highest BCUT2D eigenvalue weighted by atomic mass is 16.7. The Balaban J connectivity index is 2.20. The van der Waals surface area contributed by atoms with Crippen LogP contribution in [0.2, 0.25) is 0 Å². The molecule has 0 N–H and O–H groups in total. The fraction of sp³-hybridized carbons (Fsp3) is 0.500. The molecule has 0 aliphatic carbocycles. The van der Waals surface area contributed by atoms with Crippen molar-refractivity contribution in [1.29, 1.82) is 0 Å². The van der Waals surface area contributed by atoms with E-state index >= 15 is 0 Å². The zero-order valence-electron chi connectivity index (χ0n) is 11.5. The van der Waals surface area contributed by atoms with Gasteiger partial charge in [-0.3, -0.25) is 0 Å². The molecule has 1 aliphatic rings. The zero-order chi connectivity index (χ0) is 13.4. The summed E-state index contributed by atoms with van der Waals surface area (Å²) in [5.41, 5.74) is -0.00401. The van der Waals surface area contributed by atoms with Crippen molar-refractivity contribution in [3.8, 4) is 5.75 Å². The molecule has 1 saturated heterocycles. The van der Waals surface area contributed by atoms with Crippen molar-refractivity contribution in [3.63, 3.8) is 0 Å². The van der Waals surface area contributed by atoms with E-state index in [9.17, 15) is 0 Å². The van der Waals surface area contributed by atoms with Gasteiger partial charge in [-0.2, -0.15) is 4.99 Å². The summed E-state index contributed by atoms with van der Waals surface area (Å²) in [6, 6.07) is 7.42. The van der Waals surface area contributed by atoms with E-state index in [2.05, 4.69) is 4.99 Å². The lowest BCUT2D eigenvalue weighted by molar-refractivity contribution is 0.00578. The zero-order valence-corrected chi connectivity index (χ0v) is 11.5. The molecular formula is C14H19NO3. The molecule has 4 nitrogen and oxygen atoms in total. The number of benzene rings is 1. The summed E-state index contributed by atoms with van der Waals surface area (Å²) in [5.74, 6) is 0.799. The smallest absolute Gasteiger partial charge is 0.390 e. The molecule has 1 heterocycles. The third kappa shape index (κ3) is 2.28. The third-order valence-electron chi connectivity index (χ3n) is 3.43. The molecule has 1 aromatic carbocycles. The maximum absolute atomic E-state index is 5.72. The Morgan fingerprint density at radius 2 is 1.44 bits per heavy atom. The molecule has 0 amide bonds. The fourth-order valence-electron chi connectivity index (χ4n) is 1.51. The second-order valence-corrected chi connectivity index (χ2v) is 5.30. The van der Waals surface area contributed by atoms with Crippen LogP contribution in [0.25, 0.3) is 0 Å². The van der Waals surface area contributed by atoms with Crippen LogP contribution >= 0.6 is 0 Å². The molecule has 0 unspecified atom stereocenters. The van der Waals surface area contributed by atoms with Crippen LogP contribution < -0.4 is 4.74 Å². The lowest BCUT2D eigenvalue weighted by atomic mass is 9.90. The highest BCUT2D eigenvalue weighted by Crippen LogP contribution is 2.36. The number of nitrogens with zero attached hydrogens (tertiary/aromatic N) is 1. The topological polar surface area (TPSA) is 40.0 Å². The van der Waals surface area contributed by atoms with Crippen molar-refractivity contribution in [2.45, 2.75) is 38.9 Å². The van der Waals surface area contributed by atoms with Gasteiger partial charge in [0.2, 0.25) is 0 Å². The molecule has 0 spiro atoms. The van der Waals surface area contributed by atoms with Crippen LogP contribution in [0.1, 0.15) is 27.7 Å². The van der Waals surface area contributed by atoms with Gasteiger partial charge in [0, 0.05) is 0 Å². The van der Waals surface area contributed by atoms with Gasteiger partial charge in [0.25, 0.3) is 0 Å². The van der Waals surface area contributed by atoms with Gasteiger partial charge in [0.15, 0.2) is 0 Å². The summed E-state index contributed by atoms with van der Waals surface area (Å²) in [4.78, 5) is 4.34. The van der Waals surface area contributed by atoms with Gasteiger partial charge in [-0.05, 0) is 52.0 Å². The Bertz CT molecular complexity index is 442. The quantitative estimate of drug-likeness (QED) is 0.807. The average molecular weight is 249 g/mol. The molecule has 18 heavy (non-hydrogen) atoms. The Morgan fingerprint density at radius 3 is 1.89 bits per heavy atom. The van der Waals surface area contributed by atoms with Crippen LogP contribution in [0.4, 0.5) is 5.69 Å². The van der Waals surface area contributed by atoms with E-state index in [0.717, 1.165) is 11.4 Å². The van der Waals surface area contributed by atoms with E-state index in [-0.39, 0.29) is 0 Å². The van der Waals surface area contributed by atoms with Gasteiger partial charge in [0.1, 0.15) is 17.0 Å². The molecule has 2 rings (SSSR count). The van der Waals surface area contributed by atoms with Crippen LogP contribution in [-0.2, 0) is 9.47 Å². The third-order valence-corrected chi connectivity index (χ3v) is 3.43. The highest BCUT2D eigenvalue weighted by Gasteiger charge is 2.49. The number of hydrogen-bond acceptors (Lipinski definition) is 4. The molecule has 98 valence electrons. The summed E-state index contributed by atoms with van der Waals surface area (Å²) in [7, 11) is 1.63. The van der Waals surface area contributed by atoms with E-state index in [1.807, 2.05) is 52.0 Å². The molecule has 1 aromatic rings. The number of methoxy groups -OCH3 is 1. The van der Waals surface area contributed by atoms with E-state index in [1.54, 1.807) is 7.11 Å². The molecule has 0 bridgehead atoms. The van der Waals surface area contributed by atoms with Gasteiger partial charge < -0.3 is 14.2 Å². The van der Waals surface area contributed by atoms with Crippen LogP contribution in [-0.4, -0.2) is 24.4 Å². The predicted molar refractivity (Wildman–Crippen MR) is 70.4 cm³/mol. The summed E-state index contributed by atoms with van der Waals surface area (Å²) in [5, 5.41) is 0. The first kappa shape index (κ1) is 12.7. The second kappa shape index (κ2) is 4.19. The van der Waals surface area contributed by atoms with Gasteiger partial charge in [0.05, 0.1) is 12.8 Å². The van der Waals surface area contributed by atoms with Crippen molar-refractivity contribution in [3.05, 3.63) is 24.3 Å². The summed E-state index contributed by atoms with van der Waals surface area (Å²) >= 11 is 0. The number of rotatable bonds is 2. The first-order chi connectivity index (χ1) is 8.34. The normalized spacial score (nSPS) is 19.9. The molecule has 4 heteroatoms. The van der Waals surface area contributed by atoms with Crippen molar-refractivity contribution in [1.82, 2.24) is 0 Å². The molecule has 0 saturated carbocycles. The SMILES string of the molecule is COc1ccc(N=C2OC(C)(C)C(C)(C)O2)cc1. The molecule has 1 fully saturated rings. The molecule has 1 aliphatic heterocycles.